The lowest BCUT2D eigenvalue weighted by atomic mass is 10.0. The fourth-order valence-electron chi connectivity index (χ4n) is 3.44. The van der Waals surface area contributed by atoms with Gasteiger partial charge in [-0.25, -0.2) is 0 Å². The van der Waals surface area contributed by atoms with Gasteiger partial charge in [0, 0.05) is 11.1 Å². The molecule has 2 aromatic rings. The van der Waals surface area contributed by atoms with Crippen LogP contribution in [-0.2, 0) is 26.2 Å². The Morgan fingerprint density at radius 3 is 2.37 bits per heavy atom. The highest BCUT2D eigenvalue weighted by molar-refractivity contribution is 6.12. The minimum Gasteiger partial charge on any atom is -0.336 e. The molecule has 0 atom stereocenters. The van der Waals surface area contributed by atoms with Gasteiger partial charge in [0.2, 0.25) is 0 Å². The van der Waals surface area contributed by atoms with Crippen LogP contribution < -0.4 is 4.90 Å². The molecule has 0 aliphatic carbocycles. The molecule has 1 spiro atoms. The van der Waals surface area contributed by atoms with Gasteiger partial charge in [-0.2, -0.15) is 13.2 Å². The number of ether oxygens (including phenoxy) is 2. The average Bonchev–Trinajstić information content (AvgIpc) is 3.23. The smallest absolute Gasteiger partial charge is 0.336 e. The van der Waals surface area contributed by atoms with E-state index in [4.69, 9.17) is 9.47 Å². The van der Waals surface area contributed by atoms with Crippen molar-refractivity contribution in [3.8, 4) is 0 Å². The Labute approximate surface area is 152 Å². The lowest BCUT2D eigenvalue weighted by Crippen LogP contribution is -2.43. The summed E-state index contributed by atoms with van der Waals surface area (Å²) in [7, 11) is 0. The van der Waals surface area contributed by atoms with Gasteiger partial charge in [0.1, 0.15) is 0 Å². The molecular formula is C19H14F3NO4. The molecule has 5 nitrogen and oxygen atoms in total. The van der Waals surface area contributed by atoms with Gasteiger partial charge in [-0.3, -0.25) is 14.5 Å². The van der Waals surface area contributed by atoms with Crippen LogP contribution in [0.25, 0.3) is 0 Å². The number of hydrogen-bond acceptors (Lipinski definition) is 4. The highest BCUT2D eigenvalue weighted by Crippen LogP contribution is 2.45. The first-order valence-corrected chi connectivity index (χ1v) is 8.23. The van der Waals surface area contributed by atoms with Crippen molar-refractivity contribution in [2.75, 3.05) is 24.7 Å². The maximum Gasteiger partial charge on any atom is 0.417 e. The first-order valence-electron chi connectivity index (χ1n) is 8.23. The van der Waals surface area contributed by atoms with E-state index in [9.17, 15) is 22.8 Å². The number of nitrogens with zero attached hydrogens (tertiary/aromatic N) is 1. The summed E-state index contributed by atoms with van der Waals surface area (Å²) < 4.78 is 50.7. The zero-order valence-electron chi connectivity index (χ0n) is 14.0. The summed E-state index contributed by atoms with van der Waals surface area (Å²) >= 11 is 0. The molecule has 0 aromatic heterocycles. The van der Waals surface area contributed by atoms with Gasteiger partial charge >= 0.3 is 6.18 Å². The zero-order chi connectivity index (χ0) is 19.2. The number of halogens is 3. The number of amides is 1. The third-order valence-corrected chi connectivity index (χ3v) is 4.60. The van der Waals surface area contributed by atoms with Gasteiger partial charge < -0.3 is 9.47 Å². The number of Topliss-reactive ketones (excluding diaryl/α,β-unsaturated/α-hetero) is 1. The predicted octanol–water partition coefficient (Wildman–Crippen LogP) is 3.13. The van der Waals surface area contributed by atoms with Crippen molar-refractivity contribution >= 4 is 17.4 Å². The van der Waals surface area contributed by atoms with Crippen LogP contribution in [-0.4, -0.2) is 31.4 Å². The van der Waals surface area contributed by atoms with E-state index in [1.807, 2.05) is 0 Å². The van der Waals surface area contributed by atoms with E-state index in [-0.39, 0.29) is 13.2 Å². The zero-order valence-corrected chi connectivity index (χ0v) is 14.0. The van der Waals surface area contributed by atoms with E-state index in [0.29, 0.717) is 11.3 Å². The van der Waals surface area contributed by atoms with Gasteiger partial charge in [-0.05, 0) is 12.1 Å². The van der Waals surface area contributed by atoms with Crippen LogP contribution in [0.15, 0.2) is 48.5 Å². The summed E-state index contributed by atoms with van der Waals surface area (Å²) in [6.45, 7) is -0.130. The Hall–Kier alpha value is -2.71. The van der Waals surface area contributed by atoms with Crippen LogP contribution in [0.1, 0.15) is 21.5 Å². The van der Waals surface area contributed by atoms with Crippen LogP contribution >= 0.6 is 0 Å². The highest BCUT2D eigenvalue weighted by Gasteiger charge is 2.56. The van der Waals surface area contributed by atoms with Crippen LogP contribution in [0, 0.1) is 0 Å². The molecule has 2 aliphatic heterocycles. The highest BCUT2D eigenvalue weighted by atomic mass is 19.4. The molecule has 2 heterocycles. The first-order chi connectivity index (χ1) is 12.8. The first kappa shape index (κ1) is 17.7. The Balaban J connectivity index is 1.70. The summed E-state index contributed by atoms with van der Waals surface area (Å²) in [5.74, 6) is -3.05. The second kappa shape index (κ2) is 6.17. The number of rotatable bonds is 3. The molecule has 0 saturated carbocycles. The molecule has 2 aliphatic rings. The van der Waals surface area contributed by atoms with Gasteiger partial charge in [0.05, 0.1) is 31.0 Å². The summed E-state index contributed by atoms with van der Waals surface area (Å²) in [6, 6.07) is 11.1. The lowest BCUT2D eigenvalue weighted by molar-refractivity contribution is -0.180. The number of fused-ring (bicyclic) bond motifs is 2. The van der Waals surface area contributed by atoms with Gasteiger partial charge in [-0.1, -0.05) is 36.4 Å². The second-order valence-electron chi connectivity index (χ2n) is 6.19. The van der Waals surface area contributed by atoms with Crippen LogP contribution in [0.3, 0.4) is 0 Å². The number of benzene rings is 2. The molecule has 1 saturated heterocycles. The standard InChI is InChI=1S/C19H14F3NO4/c20-19(21,22)13-6-2-1-5-12(13)16(24)11-23-15-8-4-3-7-14(15)18(17(23)25)26-9-10-27-18/h1-8H,9-11H2. The van der Waals surface area contributed by atoms with Crippen molar-refractivity contribution < 1.29 is 32.2 Å². The summed E-state index contributed by atoms with van der Waals surface area (Å²) in [6.07, 6.45) is -4.67. The number of ketones is 1. The van der Waals surface area contributed by atoms with E-state index in [2.05, 4.69) is 0 Å². The minimum absolute atomic E-state index is 0.207. The molecule has 0 unspecified atom stereocenters. The summed E-state index contributed by atoms with van der Waals surface area (Å²) in [5.41, 5.74) is -0.672. The maximum absolute atomic E-state index is 13.2. The summed E-state index contributed by atoms with van der Waals surface area (Å²) in [4.78, 5) is 26.7. The third kappa shape index (κ3) is 2.72. The Kier molecular flexibility index (Phi) is 4.05. The number of carbonyl (C=O) groups excluding carboxylic acids is 2. The molecule has 27 heavy (non-hydrogen) atoms. The van der Waals surface area contributed by atoms with Gasteiger partial charge in [-0.15, -0.1) is 0 Å². The number of alkyl halides is 3. The van der Waals surface area contributed by atoms with Crippen molar-refractivity contribution in [3.05, 3.63) is 65.2 Å². The molecule has 140 valence electrons. The lowest BCUT2D eigenvalue weighted by Gasteiger charge is -2.22. The fraction of sp³-hybridized carbons (Fsp3) is 0.263. The Morgan fingerprint density at radius 1 is 1.04 bits per heavy atom. The normalized spacial score (nSPS) is 18.2. The van der Waals surface area contributed by atoms with E-state index in [0.717, 1.165) is 17.0 Å². The van der Waals surface area contributed by atoms with Crippen LogP contribution in [0.5, 0.6) is 0 Å². The van der Waals surface area contributed by atoms with Crippen LogP contribution in [0.4, 0.5) is 18.9 Å². The largest absolute Gasteiger partial charge is 0.417 e. The summed E-state index contributed by atoms with van der Waals surface area (Å²) in [5, 5.41) is 0. The Bertz CT molecular complexity index is 919. The number of anilines is 1. The fourth-order valence-corrected chi connectivity index (χ4v) is 3.44. The van der Waals surface area contributed by atoms with E-state index >= 15 is 0 Å². The van der Waals surface area contributed by atoms with Crippen molar-refractivity contribution in [2.24, 2.45) is 0 Å². The SMILES string of the molecule is O=C(CN1C(=O)C2(OCCO2)c2ccccc21)c1ccccc1C(F)(F)F. The Morgan fingerprint density at radius 2 is 1.67 bits per heavy atom. The van der Waals surface area contributed by atoms with Crippen molar-refractivity contribution in [2.45, 2.75) is 12.0 Å². The van der Waals surface area contributed by atoms with Crippen molar-refractivity contribution in [1.29, 1.82) is 0 Å². The van der Waals surface area contributed by atoms with E-state index in [1.165, 1.54) is 12.1 Å². The number of carbonyl (C=O) groups is 2. The van der Waals surface area contributed by atoms with Crippen molar-refractivity contribution in [1.82, 2.24) is 0 Å². The van der Waals surface area contributed by atoms with E-state index < -0.39 is 41.3 Å². The molecule has 1 fully saturated rings. The maximum atomic E-state index is 13.2. The van der Waals surface area contributed by atoms with Crippen molar-refractivity contribution in [3.63, 3.8) is 0 Å². The topological polar surface area (TPSA) is 55.8 Å². The molecule has 2 aromatic carbocycles. The van der Waals surface area contributed by atoms with Crippen LogP contribution in [0.2, 0.25) is 0 Å². The molecular weight excluding hydrogens is 363 g/mol. The van der Waals surface area contributed by atoms with Gasteiger partial charge in [0.15, 0.2) is 5.78 Å². The molecule has 4 rings (SSSR count). The number of para-hydroxylation sites is 1. The number of hydrogen-bond donors (Lipinski definition) is 0. The van der Waals surface area contributed by atoms with Gasteiger partial charge in [0.25, 0.3) is 11.7 Å². The third-order valence-electron chi connectivity index (χ3n) is 4.60. The average molecular weight is 377 g/mol. The molecule has 0 bridgehead atoms. The second-order valence-corrected chi connectivity index (χ2v) is 6.19. The monoisotopic (exact) mass is 377 g/mol. The predicted molar refractivity (Wildman–Crippen MR) is 88.2 cm³/mol. The minimum atomic E-state index is -4.67. The molecule has 0 N–H and O–H groups in total. The molecule has 0 radical (unpaired) electrons. The van der Waals surface area contributed by atoms with E-state index in [1.54, 1.807) is 24.3 Å². The molecule has 8 heteroatoms. The molecule has 1 amide bonds. The quantitative estimate of drug-likeness (QED) is 0.772.